The van der Waals surface area contributed by atoms with Gasteiger partial charge < -0.3 is 11.1 Å². The minimum absolute atomic E-state index is 0.0827. The zero-order valence-electron chi connectivity index (χ0n) is 10.2. The van der Waals surface area contributed by atoms with Gasteiger partial charge in [-0.25, -0.2) is 4.39 Å². The van der Waals surface area contributed by atoms with Crippen molar-refractivity contribution in [2.24, 2.45) is 0 Å². The Morgan fingerprint density at radius 3 is 2.74 bits per heavy atom. The first-order chi connectivity index (χ1) is 8.99. The molecule has 0 saturated heterocycles. The van der Waals surface area contributed by atoms with Crippen LogP contribution in [-0.2, 0) is 0 Å². The molecule has 0 aromatic heterocycles. The average Bonchev–Trinajstić information content (AvgIpc) is 2.37. The maximum absolute atomic E-state index is 13.1. The van der Waals surface area contributed by atoms with E-state index in [2.05, 4.69) is 5.32 Å². The normalized spacial score (nSPS) is 10.3. The number of aryl methyl sites for hydroxylation is 1. The Labute approximate surface area is 115 Å². The van der Waals surface area contributed by atoms with Crippen LogP contribution < -0.4 is 11.1 Å². The lowest BCUT2D eigenvalue weighted by Crippen LogP contribution is -2.15. The van der Waals surface area contributed by atoms with Gasteiger partial charge in [-0.05, 0) is 36.8 Å². The SMILES string of the molecule is Cc1cccc(Cl)c1NC(=O)c1cc(F)ccc1N. The van der Waals surface area contributed by atoms with Crippen molar-refractivity contribution in [1.82, 2.24) is 0 Å². The molecule has 0 unspecified atom stereocenters. The molecule has 0 aliphatic carbocycles. The number of nitrogens with one attached hydrogen (secondary N) is 1. The molecule has 0 spiro atoms. The Bertz CT molecular complexity index is 623. The number of amides is 1. The third kappa shape index (κ3) is 2.85. The van der Waals surface area contributed by atoms with Crippen LogP contribution in [0.25, 0.3) is 0 Å². The van der Waals surface area contributed by atoms with Gasteiger partial charge in [-0.15, -0.1) is 0 Å². The number of hydrogen-bond donors (Lipinski definition) is 2. The molecule has 2 rings (SSSR count). The second kappa shape index (κ2) is 5.28. The Balaban J connectivity index is 2.34. The van der Waals surface area contributed by atoms with Gasteiger partial charge in [0.05, 0.1) is 16.3 Å². The van der Waals surface area contributed by atoms with Crippen molar-refractivity contribution in [3.05, 3.63) is 58.4 Å². The van der Waals surface area contributed by atoms with Crippen molar-refractivity contribution in [3.63, 3.8) is 0 Å². The summed E-state index contributed by atoms with van der Waals surface area (Å²) in [5.41, 5.74) is 7.27. The first kappa shape index (κ1) is 13.4. The van der Waals surface area contributed by atoms with Crippen LogP contribution in [0.2, 0.25) is 5.02 Å². The monoisotopic (exact) mass is 278 g/mol. The molecule has 0 bridgehead atoms. The number of halogens is 2. The molecule has 2 aromatic carbocycles. The minimum atomic E-state index is -0.518. The molecule has 2 aromatic rings. The van der Waals surface area contributed by atoms with Gasteiger partial charge in [0.15, 0.2) is 0 Å². The molecule has 0 aliphatic heterocycles. The smallest absolute Gasteiger partial charge is 0.257 e. The number of para-hydroxylation sites is 1. The predicted octanol–water partition coefficient (Wildman–Crippen LogP) is 3.62. The molecular formula is C14H12ClFN2O. The molecule has 0 aliphatic rings. The number of anilines is 2. The zero-order chi connectivity index (χ0) is 14.0. The summed E-state index contributed by atoms with van der Waals surface area (Å²) in [7, 11) is 0. The highest BCUT2D eigenvalue weighted by atomic mass is 35.5. The van der Waals surface area contributed by atoms with E-state index in [0.717, 1.165) is 11.6 Å². The summed E-state index contributed by atoms with van der Waals surface area (Å²) >= 11 is 6.01. The molecule has 0 radical (unpaired) electrons. The molecule has 0 atom stereocenters. The van der Waals surface area contributed by atoms with E-state index in [1.807, 2.05) is 13.0 Å². The molecule has 0 fully saturated rings. The Hall–Kier alpha value is -2.07. The van der Waals surface area contributed by atoms with Crippen LogP contribution in [0.15, 0.2) is 36.4 Å². The summed E-state index contributed by atoms with van der Waals surface area (Å²) in [5.74, 6) is -1.01. The zero-order valence-corrected chi connectivity index (χ0v) is 11.0. The maximum Gasteiger partial charge on any atom is 0.257 e. The van der Waals surface area contributed by atoms with Crippen LogP contribution in [0.3, 0.4) is 0 Å². The van der Waals surface area contributed by atoms with Gasteiger partial charge in [0.1, 0.15) is 5.82 Å². The predicted molar refractivity (Wildman–Crippen MR) is 75.0 cm³/mol. The first-order valence-electron chi connectivity index (χ1n) is 5.60. The minimum Gasteiger partial charge on any atom is -0.398 e. The summed E-state index contributed by atoms with van der Waals surface area (Å²) in [5, 5.41) is 3.07. The van der Waals surface area contributed by atoms with Crippen molar-refractivity contribution in [2.45, 2.75) is 6.92 Å². The largest absolute Gasteiger partial charge is 0.398 e. The van der Waals surface area contributed by atoms with Crippen LogP contribution in [0.1, 0.15) is 15.9 Å². The van der Waals surface area contributed by atoms with E-state index in [9.17, 15) is 9.18 Å². The molecule has 5 heteroatoms. The number of carbonyl (C=O) groups excluding carboxylic acids is 1. The lowest BCUT2D eigenvalue weighted by molar-refractivity contribution is 0.102. The summed E-state index contributed by atoms with van der Waals surface area (Å²) in [6.07, 6.45) is 0. The van der Waals surface area contributed by atoms with Crippen molar-refractivity contribution >= 4 is 28.9 Å². The molecule has 98 valence electrons. The van der Waals surface area contributed by atoms with E-state index in [4.69, 9.17) is 17.3 Å². The topological polar surface area (TPSA) is 55.1 Å². The van der Waals surface area contributed by atoms with E-state index in [1.54, 1.807) is 12.1 Å². The van der Waals surface area contributed by atoms with E-state index in [0.29, 0.717) is 10.7 Å². The molecular weight excluding hydrogens is 267 g/mol. The van der Waals surface area contributed by atoms with Crippen molar-refractivity contribution in [3.8, 4) is 0 Å². The second-order valence-corrected chi connectivity index (χ2v) is 4.52. The molecule has 3 nitrogen and oxygen atoms in total. The van der Waals surface area contributed by atoms with Gasteiger partial charge in [0.25, 0.3) is 5.91 Å². The molecule has 0 saturated carbocycles. The quantitative estimate of drug-likeness (QED) is 0.824. The molecule has 1 amide bonds. The number of hydrogen-bond acceptors (Lipinski definition) is 2. The summed E-state index contributed by atoms with van der Waals surface area (Å²) in [4.78, 5) is 12.1. The van der Waals surface area contributed by atoms with E-state index in [-0.39, 0.29) is 11.3 Å². The summed E-state index contributed by atoms with van der Waals surface area (Å²) in [6.45, 7) is 1.82. The third-order valence-electron chi connectivity index (χ3n) is 2.72. The lowest BCUT2D eigenvalue weighted by Gasteiger charge is -2.11. The fourth-order valence-electron chi connectivity index (χ4n) is 1.70. The lowest BCUT2D eigenvalue weighted by atomic mass is 10.1. The van der Waals surface area contributed by atoms with Gasteiger partial charge in [0, 0.05) is 5.69 Å². The van der Waals surface area contributed by atoms with Crippen LogP contribution in [0.4, 0.5) is 15.8 Å². The maximum atomic E-state index is 13.1. The Kier molecular flexibility index (Phi) is 3.71. The second-order valence-electron chi connectivity index (χ2n) is 4.12. The highest BCUT2D eigenvalue weighted by molar-refractivity contribution is 6.34. The number of nitrogens with two attached hydrogens (primary N) is 1. The average molecular weight is 279 g/mol. The number of benzene rings is 2. The first-order valence-corrected chi connectivity index (χ1v) is 5.98. The van der Waals surface area contributed by atoms with Crippen LogP contribution in [-0.4, -0.2) is 5.91 Å². The van der Waals surface area contributed by atoms with Gasteiger partial charge in [-0.1, -0.05) is 23.7 Å². The standard InChI is InChI=1S/C14H12ClFN2O/c1-8-3-2-4-11(15)13(8)18-14(19)10-7-9(16)5-6-12(10)17/h2-7H,17H2,1H3,(H,18,19). The van der Waals surface area contributed by atoms with E-state index in [1.165, 1.54) is 12.1 Å². The van der Waals surface area contributed by atoms with Crippen LogP contribution >= 0.6 is 11.6 Å². The molecule has 3 N–H and O–H groups in total. The number of carbonyl (C=O) groups is 1. The fraction of sp³-hybridized carbons (Fsp3) is 0.0714. The van der Waals surface area contributed by atoms with Crippen LogP contribution in [0.5, 0.6) is 0 Å². The summed E-state index contributed by atoms with van der Waals surface area (Å²) < 4.78 is 13.1. The number of nitrogen functional groups attached to an aromatic ring is 1. The Morgan fingerprint density at radius 2 is 2.05 bits per heavy atom. The van der Waals surface area contributed by atoms with Gasteiger partial charge in [0.2, 0.25) is 0 Å². The molecule has 19 heavy (non-hydrogen) atoms. The highest BCUT2D eigenvalue weighted by Gasteiger charge is 2.13. The van der Waals surface area contributed by atoms with Crippen molar-refractivity contribution < 1.29 is 9.18 Å². The van der Waals surface area contributed by atoms with Gasteiger partial charge in [-0.3, -0.25) is 4.79 Å². The third-order valence-corrected chi connectivity index (χ3v) is 3.04. The fourth-order valence-corrected chi connectivity index (χ4v) is 1.97. The molecule has 0 heterocycles. The number of rotatable bonds is 2. The van der Waals surface area contributed by atoms with E-state index < -0.39 is 11.7 Å². The highest BCUT2D eigenvalue weighted by Crippen LogP contribution is 2.26. The van der Waals surface area contributed by atoms with Gasteiger partial charge >= 0.3 is 0 Å². The van der Waals surface area contributed by atoms with Gasteiger partial charge in [-0.2, -0.15) is 0 Å². The Morgan fingerprint density at radius 1 is 1.32 bits per heavy atom. The van der Waals surface area contributed by atoms with E-state index >= 15 is 0 Å². The van der Waals surface area contributed by atoms with Crippen LogP contribution in [0, 0.1) is 12.7 Å². The van der Waals surface area contributed by atoms with Crippen molar-refractivity contribution in [2.75, 3.05) is 11.1 Å². The summed E-state index contributed by atoms with van der Waals surface area (Å²) in [6, 6.07) is 8.91. The van der Waals surface area contributed by atoms with Crippen molar-refractivity contribution in [1.29, 1.82) is 0 Å².